The number of hydrogen-bond acceptors (Lipinski definition) is 2. The van der Waals surface area contributed by atoms with E-state index in [4.69, 9.17) is 0 Å². The second-order valence-corrected chi connectivity index (χ2v) is 5.75. The molecule has 0 aliphatic heterocycles. The third kappa shape index (κ3) is 2.32. The van der Waals surface area contributed by atoms with Crippen molar-refractivity contribution in [1.82, 2.24) is 0 Å². The lowest BCUT2D eigenvalue weighted by atomic mass is 10.0. The van der Waals surface area contributed by atoms with Crippen LogP contribution in [0.2, 0.25) is 0 Å². The van der Waals surface area contributed by atoms with Crippen LogP contribution in [-0.4, -0.2) is 5.78 Å². The maximum absolute atomic E-state index is 12.2. The van der Waals surface area contributed by atoms with Gasteiger partial charge in [0.05, 0.1) is 0 Å². The Morgan fingerprint density at radius 1 is 1.00 bits per heavy atom. The van der Waals surface area contributed by atoms with Crippen LogP contribution in [0.5, 0.6) is 0 Å². The Bertz CT molecular complexity index is 725. The molecule has 0 saturated carbocycles. The highest BCUT2D eigenvalue weighted by atomic mass is 32.1. The molecule has 2 aromatic carbocycles. The summed E-state index contributed by atoms with van der Waals surface area (Å²) in [5.41, 5.74) is 2.03. The van der Waals surface area contributed by atoms with Gasteiger partial charge in [0, 0.05) is 21.6 Å². The van der Waals surface area contributed by atoms with Crippen LogP contribution in [0.3, 0.4) is 0 Å². The zero-order valence-corrected chi connectivity index (χ0v) is 11.5. The number of fused-ring (bicyclic) bond motifs is 1. The molecule has 0 unspecified atom stereocenters. The first-order chi connectivity index (χ1) is 9.25. The zero-order chi connectivity index (χ0) is 13.2. The molecular weight excluding hydrogens is 252 g/mol. The van der Waals surface area contributed by atoms with Crippen LogP contribution in [0.1, 0.15) is 20.8 Å². The summed E-state index contributed by atoms with van der Waals surface area (Å²) in [6, 6.07) is 17.8. The van der Waals surface area contributed by atoms with Crippen LogP contribution in [0.25, 0.3) is 10.1 Å². The number of carbonyl (C=O) groups is 1. The number of thiophene rings is 1. The molecule has 1 heterocycles. The van der Waals surface area contributed by atoms with Gasteiger partial charge in [-0.05, 0) is 23.9 Å². The fraction of sp³-hybridized carbons (Fsp3) is 0.118. The van der Waals surface area contributed by atoms with Crippen molar-refractivity contribution < 1.29 is 4.79 Å². The molecule has 1 aromatic heterocycles. The molecule has 0 saturated heterocycles. The van der Waals surface area contributed by atoms with Gasteiger partial charge in [0.1, 0.15) is 0 Å². The first-order valence-corrected chi connectivity index (χ1v) is 7.12. The molecule has 19 heavy (non-hydrogen) atoms. The summed E-state index contributed by atoms with van der Waals surface area (Å²) < 4.78 is 1.26. The highest BCUT2D eigenvalue weighted by molar-refractivity contribution is 7.19. The van der Waals surface area contributed by atoms with Crippen molar-refractivity contribution in [1.29, 1.82) is 0 Å². The predicted octanol–water partition coefficient (Wildman–Crippen LogP) is 4.64. The Morgan fingerprint density at radius 3 is 2.42 bits per heavy atom. The number of carbonyl (C=O) groups excluding carboxylic acids is 1. The van der Waals surface area contributed by atoms with Gasteiger partial charge >= 0.3 is 0 Å². The van der Waals surface area contributed by atoms with Crippen molar-refractivity contribution in [2.45, 2.75) is 13.3 Å². The summed E-state index contributed by atoms with van der Waals surface area (Å²) in [4.78, 5) is 13.4. The van der Waals surface area contributed by atoms with Gasteiger partial charge in [-0.15, -0.1) is 11.3 Å². The fourth-order valence-electron chi connectivity index (χ4n) is 2.27. The minimum absolute atomic E-state index is 0.190. The van der Waals surface area contributed by atoms with E-state index in [0.29, 0.717) is 6.42 Å². The van der Waals surface area contributed by atoms with Crippen molar-refractivity contribution in [2.75, 3.05) is 0 Å². The minimum Gasteiger partial charge on any atom is -0.294 e. The molecule has 94 valence electrons. The number of benzene rings is 2. The molecule has 0 fully saturated rings. The Hall–Kier alpha value is -1.93. The van der Waals surface area contributed by atoms with E-state index in [0.717, 1.165) is 5.56 Å². The fourth-order valence-corrected chi connectivity index (χ4v) is 3.47. The number of aryl methyl sites for hydroxylation is 1. The molecule has 0 aliphatic carbocycles. The van der Waals surface area contributed by atoms with Gasteiger partial charge in [-0.1, -0.05) is 48.5 Å². The standard InChI is InChI=1S/C17H14OS/c1-12-14-9-5-6-10-16(14)19-17(12)11-15(18)13-7-3-2-4-8-13/h2-10H,11H2,1H3. The smallest absolute Gasteiger partial charge is 0.168 e. The molecule has 1 nitrogen and oxygen atoms in total. The molecule has 0 aliphatic rings. The Kier molecular flexibility index (Phi) is 3.18. The maximum atomic E-state index is 12.2. The van der Waals surface area contributed by atoms with E-state index in [1.54, 1.807) is 11.3 Å². The Morgan fingerprint density at radius 2 is 1.68 bits per heavy atom. The lowest BCUT2D eigenvalue weighted by molar-refractivity contribution is 0.0993. The van der Waals surface area contributed by atoms with Gasteiger partial charge in [0.2, 0.25) is 0 Å². The number of rotatable bonds is 3. The second-order valence-electron chi connectivity index (χ2n) is 4.61. The molecule has 3 rings (SSSR count). The molecule has 0 amide bonds. The van der Waals surface area contributed by atoms with Crippen LogP contribution >= 0.6 is 11.3 Å². The summed E-state index contributed by atoms with van der Waals surface area (Å²) in [5.74, 6) is 0.190. The van der Waals surface area contributed by atoms with Gasteiger partial charge < -0.3 is 0 Å². The van der Waals surface area contributed by atoms with Crippen molar-refractivity contribution >= 4 is 27.2 Å². The lowest BCUT2D eigenvalue weighted by Crippen LogP contribution is -2.02. The van der Waals surface area contributed by atoms with Crippen molar-refractivity contribution in [2.24, 2.45) is 0 Å². The SMILES string of the molecule is Cc1c(CC(=O)c2ccccc2)sc2ccccc12. The summed E-state index contributed by atoms with van der Waals surface area (Å²) in [6.45, 7) is 2.10. The zero-order valence-electron chi connectivity index (χ0n) is 10.7. The maximum Gasteiger partial charge on any atom is 0.168 e. The second kappa shape index (κ2) is 4.98. The summed E-state index contributed by atoms with van der Waals surface area (Å²) in [5, 5.41) is 1.27. The van der Waals surface area contributed by atoms with Crippen molar-refractivity contribution in [3.8, 4) is 0 Å². The summed E-state index contributed by atoms with van der Waals surface area (Å²) >= 11 is 1.73. The van der Waals surface area contributed by atoms with E-state index in [1.165, 1.54) is 20.5 Å². The van der Waals surface area contributed by atoms with E-state index in [2.05, 4.69) is 19.1 Å². The number of hydrogen-bond donors (Lipinski definition) is 0. The van der Waals surface area contributed by atoms with E-state index in [9.17, 15) is 4.79 Å². The first kappa shape index (κ1) is 12.1. The molecule has 0 spiro atoms. The van der Waals surface area contributed by atoms with Gasteiger partial charge in [-0.3, -0.25) is 4.79 Å². The van der Waals surface area contributed by atoms with Crippen LogP contribution < -0.4 is 0 Å². The van der Waals surface area contributed by atoms with Gasteiger partial charge in [-0.2, -0.15) is 0 Å². The highest BCUT2D eigenvalue weighted by Gasteiger charge is 2.12. The number of Topliss-reactive ketones (excluding diaryl/α,β-unsaturated/α-hetero) is 1. The van der Waals surface area contributed by atoms with E-state index >= 15 is 0 Å². The van der Waals surface area contributed by atoms with Crippen LogP contribution in [0.15, 0.2) is 54.6 Å². The van der Waals surface area contributed by atoms with Gasteiger partial charge in [0.15, 0.2) is 5.78 Å². The largest absolute Gasteiger partial charge is 0.294 e. The quantitative estimate of drug-likeness (QED) is 0.631. The molecule has 0 N–H and O–H groups in total. The van der Waals surface area contributed by atoms with Gasteiger partial charge in [0.25, 0.3) is 0 Å². The van der Waals surface area contributed by atoms with E-state index in [-0.39, 0.29) is 5.78 Å². The average molecular weight is 266 g/mol. The molecule has 0 bridgehead atoms. The minimum atomic E-state index is 0.190. The average Bonchev–Trinajstić information content (AvgIpc) is 2.77. The third-order valence-corrected chi connectivity index (χ3v) is 4.63. The Labute approximate surface area is 116 Å². The predicted molar refractivity (Wildman–Crippen MR) is 81.0 cm³/mol. The third-order valence-electron chi connectivity index (χ3n) is 3.36. The van der Waals surface area contributed by atoms with Crippen LogP contribution in [0.4, 0.5) is 0 Å². The molecular formula is C17H14OS. The van der Waals surface area contributed by atoms with Crippen molar-refractivity contribution in [3.63, 3.8) is 0 Å². The normalized spacial score (nSPS) is 10.8. The summed E-state index contributed by atoms with van der Waals surface area (Å²) in [6.07, 6.45) is 0.495. The van der Waals surface area contributed by atoms with Crippen LogP contribution in [-0.2, 0) is 6.42 Å². The molecule has 2 heteroatoms. The lowest BCUT2D eigenvalue weighted by Gasteiger charge is -2.00. The summed E-state index contributed by atoms with van der Waals surface area (Å²) in [7, 11) is 0. The van der Waals surface area contributed by atoms with E-state index < -0.39 is 0 Å². The van der Waals surface area contributed by atoms with Gasteiger partial charge in [-0.25, -0.2) is 0 Å². The molecule has 0 atom stereocenters. The van der Waals surface area contributed by atoms with E-state index in [1.807, 2.05) is 42.5 Å². The first-order valence-electron chi connectivity index (χ1n) is 6.31. The highest BCUT2D eigenvalue weighted by Crippen LogP contribution is 2.31. The molecule has 0 radical (unpaired) electrons. The number of ketones is 1. The monoisotopic (exact) mass is 266 g/mol. The Balaban J connectivity index is 1.94. The topological polar surface area (TPSA) is 17.1 Å². The molecule has 3 aromatic rings. The van der Waals surface area contributed by atoms with Crippen LogP contribution in [0, 0.1) is 6.92 Å². The van der Waals surface area contributed by atoms with Crippen molar-refractivity contribution in [3.05, 3.63) is 70.6 Å².